The highest BCUT2D eigenvalue weighted by atomic mass is 16.5. The number of amides is 2. The van der Waals surface area contributed by atoms with E-state index in [9.17, 15) is 14.7 Å². The minimum atomic E-state index is -0.580. The van der Waals surface area contributed by atoms with Gasteiger partial charge in [0.05, 0.1) is 19.0 Å². The number of ether oxygens (including phenoxy) is 1. The summed E-state index contributed by atoms with van der Waals surface area (Å²) in [5.74, 6) is -0.528. The van der Waals surface area contributed by atoms with Crippen molar-refractivity contribution in [2.45, 2.75) is 6.42 Å². The zero-order chi connectivity index (χ0) is 19.9. The van der Waals surface area contributed by atoms with Gasteiger partial charge in [-0.3, -0.25) is 9.59 Å². The number of nitrogens with one attached hydrogen (secondary N) is 2. The van der Waals surface area contributed by atoms with Gasteiger partial charge in [0.25, 0.3) is 0 Å². The molecular formula is C21H19N3O4. The summed E-state index contributed by atoms with van der Waals surface area (Å²) < 4.78 is 5.15. The van der Waals surface area contributed by atoms with Crippen LogP contribution in [0.25, 0.3) is 10.8 Å². The van der Waals surface area contributed by atoms with Gasteiger partial charge in [0.2, 0.25) is 11.8 Å². The molecule has 0 aliphatic rings. The Labute approximate surface area is 161 Å². The zero-order valence-electron chi connectivity index (χ0n) is 15.2. The topological polar surface area (TPSA) is 100 Å². The van der Waals surface area contributed by atoms with Gasteiger partial charge in [-0.25, -0.2) is 5.43 Å². The fraction of sp³-hybridized carbons (Fsp3) is 0.0952. The van der Waals surface area contributed by atoms with Crippen LogP contribution < -0.4 is 15.5 Å². The number of para-hydroxylation sites is 2. The van der Waals surface area contributed by atoms with Crippen molar-refractivity contribution in [1.29, 1.82) is 0 Å². The Morgan fingerprint density at radius 3 is 2.61 bits per heavy atom. The van der Waals surface area contributed by atoms with E-state index in [-0.39, 0.29) is 5.75 Å². The number of hydrazone groups is 1. The minimum Gasteiger partial charge on any atom is -0.507 e. The van der Waals surface area contributed by atoms with E-state index in [4.69, 9.17) is 4.74 Å². The second kappa shape index (κ2) is 8.68. The van der Waals surface area contributed by atoms with Crippen LogP contribution in [-0.4, -0.2) is 30.2 Å². The molecule has 0 spiro atoms. The van der Waals surface area contributed by atoms with Crippen molar-refractivity contribution in [3.8, 4) is 11.5 Å². The molecule has 0 aromatic heterocycles. The summed E-state index contributed by atoms with van der Waals surface area (Å²) in [4.78, 5) is 24.0. The van der Waals surface area contributed by atoms with Crippen LogP contribution in [-0.2, 0) is 9.59 Å². The minimum absolute atomic E-state index is 0.0469. The van der Waals surface area contributed by atoms with E-state index in [2.05, 4.69) is 15.8 Å². The third-order valence-corrected chi connectivity index (χ3v) is 4.03. The number of phenolic OH excluding ortho intramolecular Hbond substituents is 1. The van der Waals surface area contributed by atoms with Gasteiger partial charge >= 0.3 is 0 Å². The van der Waals surface area contributed by atoms with Crippen molar-refractivity contribution < 1.29 is 19.4 Å². The normalized spacial score (nSPS) is 10.8. The van der Waals surface area contributed by atoms with Crippen LogP contribution >= 0.6 is 0 Å². The first-order valence-electron chi connectivity index (χ1n) is 8.54. The molecule has 142 valence electrons. The van der Waals surface area contributed by atoms with Crippen LogP contribution in [0.15, 0.2) is 65.8 Å². The SMILES string of the molecule is COc1ccccc1NC(=O)CC(=O)NN=Cc1c(O)ccc2ccccc12. The quantitative estimate of drug-likeness (QED) is 0.349. The molecule has 0 aliphatic carbocycles. The summed E-state index contributed by atoms with van der Waals surface area (Å²) in [6.07, 6.45) is 0.949. The van der Waals surface area contributed by atoms with Crippen molar-refractivity contribution in [2.24, 2.45) is 5.10 Å². The smallest absolute Gasteiger partial charge is 0.249 e. The number of nitrogens with zero attached hydrogens (tertiary/aromatic N) is 1. The van der Waals surface area contributed by atoms with Crippen LogP contribution in [0.3, 0.4) is 0 Å². The molecule has 0 saturated heterocycles. The predicted molar refractivity (Wildman–Crippen MR) is 108 cm³/mol. The first-order valence-corrected chi connectivity index (χ1v) is 8.54. The molecule has 28 heavy (non-hydrogen) atoms. The molecule has 3 N–H and O–H groups in total. The Hall–Kier alpha value is -3.87. The lowest BCUT2D eigenvalue weighted by Gasteiger charge is -2.09. The van der Waals surface area contributed by atoms with Crippen LogP contribution in [0.2, 0.25) is 0 Å². The van der Waals surface area contributed by atoms with E-state index in [0.29, 0.717) is 17.0 Å². The Balaban J connectivity index is 1.62. The van der Waals surface area contributed by atoms with Gasteiger partial charge in [-0.05, 0) is 29.0 Å². The maximum Gasteiger partial charge on any atom is 0.249 e. The molecule has 0 unspecified atom stereocenters. The highest BCUT2D eigenvalue weighted by Crippen LogP contribution is 2.25. The fourth-order valence-corrected chi connectivity index (χ4v) is 2.72. The third-order valence-electron chi connectivity index (χ3n) is 4.03. The highest BCUT2D eigenvalue weighted by Gasteiger charge is 2.11. The second-order valence-electron chi connectivity index (χ2n) is 5.94. The van der Waals surface area contributed by atoms with Gasteiger partial charge in [-0.2, -0.15) is 5.10 Å². The number of phenols is 1. The van der Waals surface area contributed by atoms with Gasteiger partial charge in [-0.15, -0.1) is 0 Å². The number of fused-ring (bicyclic) bond motifs is 1. The number of hydrogen-bond acceptors (Lipinski definition) is 5. The van der Waals surface area contributed by atoms with Crippen molar-refractivity contribution >= 4 is 34.5 Å². The average molecular weight is 377 g/mol. The second-order valence-corrected chi connectivity index (χ2v) is 5.94. The predicted octanol–water partition coefficient (Wildman–Crippen LogP) is 3.03. The van der Waals surface area contributed by atoms with Crippen LogP contribution in [0.1, 0.15) is 12.0 Å². The van der Waals surface area contributed by atoms with E-state index in [1.54, 1.807) is 36.4 Å². The molecule has 3 aromatic carbocycles. The van der Waals surface area contributed by atoms with E-state index < -0.39 is 18.2 Å². The molecule has 0 fully saturated rings. The summed E-state index contributed by atoms with van der Waals surface area (Å²) in [5, 5.41) is 18.3. The van der Waals surface area contributed by atoms with E-state index >= 15 is 0 Å². The fourth-order valence-electron chi connectivity index (χ4n) is 2.72. The largest absolute Gasteiger partial charge is 0.507 e. The lowest BCUT2D eigenvalue weighted by atomic mass is 10.0. The number of carbonyl (C=O) groups excluding carboxylic acids is 2. The molecule has 7 nitrogen and oxygen atoms in total. The Morgan fingerprint density at radius 2 is 1.79 bits per heavy atom. The Morgan fingerprint density at radius 1 is 1.04 bits per heavy atom. The molecule has 0 radical (unpaired) electrons. The maximum atomic E-state index is 12.0. The van der Waals surface area contributed by atoms with Gasteiger partial charge < -0.3 is 15.2 Å². The molecule has 0 bridgehead atoms. The number of hydrogen-bond donors (Lipinski definition) is 3. The van der Waals surface area contributed by atoms with Crippen LogP contribution in [0.5, 0.6) is 11.5 Å². The third kappa shape index (κ3) is 4.45. The van der Waals surface area contributed by atoms with Crippen molar-refractivity contribution in [1.82, 2.24) is 5.43 Å². The average Bonchev–Trinajstić information content (AvgIpc) is 2.70. The van der Waals surface area contributed by atoms with E-state index in [0.717, 1.165) is 10.8 Å². The summed E-state index contributed by atoms with van der Waals surface area (Å²) >= 11 is 0. The number of methoxy groups -OCH3 is 1. The molecule has 0 saturated carbocycles. The number of benzene rings is 3. The molecule has 0 heterocycles. The molecule has 2 amide bonds. The first kappa shape index (κ1) is 18.9. The molecule has 7 heteroatoms. The standard InChI is InChI=1S/C21H19N3O4/c1-28-19-9-5-4-8-17(19)23-20(26)12-21(27)24-22-13-16-15-7-3-2-6-14(15)10-11-18(16)25/h2-11,13,25H,12H2,1H3,(H,23,26)(H,24,27). The summed E-state index contributed by atoms with van der Waals surface area (Å²) in [6.45, 7) is 0. The maximum absolute atomic E-state index is 12.0. The lowest BCUT2D eigenvalue weighted by Crippen LogP contribution is -2.24. The summed E-state index contributed by atoms with van der Waals surface area (Å²) in [6, 6.07) is 17.8. The lowest BCUT2D eigenvalue weighted by molar-refractivity contribution is -0.126. The molecule has 3 rings (SSSR count). The molecule has 3 aromatic rings. The number of carbonyl (C=O) groups is 2. The first-order chi connectivity index (χ1) is 13.6. The number of rotatable bonds is 6. The van der Waals surface area contributed by atoms with Gasteiger partial charge in [0.15, 0.2) is 0 Å². The summed E-state index contributed by atoms with van der Waals surface area (Å²) in [5.41, 5.74) is 3.26. The van der Waals surface area contributed by atoms with Gasteiger partial charge in [-0.1, -0.05) is 42.5 Å². The number of anilines is 1. The van der Waals surface area contributed by atoms with Crippen LogP contribution in [0, 0.1) is 0 Å². The molecule has 0 atom stereocenters. The van der Waals surface area contributed by atoms with Gasteiger partial charge in [0.1, 0.15) is 17.9 Å². The summed E-state index contributed by atoms with van der Waals surface area (Å²) in [7, 11) is 1.50. The highest BCUT2D eigenvalue weighted by molar-refractivity contribution is 6.05. The van der Waals surface area contributed by atoms with Gasteiger partial charge in [0, 0.05) is 5.56 Å². The number of aromatic hydroxyl groups is 1. The van der Waals surface area contributed by atoms with Crippen molar-refractivity contribution in [3.05, 3.63) is 66.2 Å². The van der Waals surface area contributed by atoms with Crippen LogP contribution in [0.4, 0.5) is 5.69 Å². The zero-order valence-corrected chi connectivity index (χ0v) is 15.2. The van der Waals surface area contributed by atoms with Crippen molar-refractivity contribution in [3.63, 3.8) is 0 Å². The molecule has 0 aliphatic heterocycles. The monoisotopic (exact) mass is 377 g/mol. The van der Waals surface area contributed by atoms with E-state index in [1.807, 2.05) is 24.3 Å². The Bertz CT molecular complexity index is 1050. The molecular weight excluding hydrogens is 358 g/mol. The van der Waals surface area contributed by atoms with Crippen molar-refractivity contribution in [2.75, 3.05) is 12.4 Å². The van der Waals surface area contributed by atoms with E-state index in [1.165, 1.54) is 13.3 Å². The Kier molecular flexibility index (Phi) is 5.86.